The minimum atomic E-state index is 0.586. The standard InChI is InChI=1S/C13H17N5O/c1-19-9-8-16-13-15-7-5-12(18-13)17-10-11-4-2-3-6-14-11/h2-7H,8-10H2,1H3,(H2,15,16,17,18). The van der Waals surface area contributed by atoms with E-state index in [1.165, 1.54) is 0 Å². The van der Waals surface area contributed by atoms with Gasteiger partial charge in [0.05, 0.1) is 18.8 Å². The van der Waals surface area contributed by atoms with E-state index in [-0.39, 0.29) is 0 Å². The number of hydrogen-bond donors (Lipinski definition) is 2. The molecular weight excluding hydrogens is 242 g/mol. The van der Waals surface area contributed by atoms with Crippen LogP contribution < -0.4 is 10.6 Å². The maximum atomic E-state index is 4.96. The lowest BCUT2D eigenvalue weighted by molar-refractivity contribution is 0.210. The molecule has 0 unspecified atom stereocenters. The van der Waals surface area contributed by atoms with Crippen molar-refractivity contribution in [3.8, 4) is 0 Å². The first-order valence-electron chi connectivity index (χ1n) is 6.08. The molecule has 6 heteroatoms. The van der Waals surface area contributed by atoms with Crippen LogP contribution in [0.2, 0.25) is 0 Å². The maximum Gasteiger partial charge on any atom is 0.224 e. The second kappa shape index (κ2) is 7.27. The Kier molecular flexibility index (Phi) is 5.06. The number of nitrogens with zero attached hydrogens (tertiary/aromatic N) is 3. The molecule has 0 radical (unpaired) electrons. The van der Waals surface area contributed by atoms with Crippen molar-refractivity contribution in [2.24, 2.45) is 0 Å². The summed E-state index contributed by atoms with van der Waals surface area (Å²) in [6.07, 6.45) is 3.48. The highest BCUT2D eigenvalue weighted by Crippen LogP contribution is 2.06. The first kappa shape index (κ1) is 13.2. The first-order chi connectivity index (χ1) is 9.38. The summed E-state index contributed by atoms with van der Waals surface area (Å²) in [4.78, 5) is 12.7. The summed E-state index contributed by atoms with van der Waals surface area (Å²) >= 11 is 0. The molecule has 0 aliphatic rings. The smallest absolute Gasteiger partial charge is 0.224 e. The van der Waals surface area contributed by atoms with E-state index in [4.69, 9.17) is 4.74 Å². The van der Waals surface area contributed by atoms with E-state index in [0.717, 1.165) is 11.5 Å². The third-order valence-electron chi connectivity index (χ3n) is 2.42. The zero-order valence-electron chi connectivity index (χ0n) is 10.8. The summed E-state index contributed by atoms with van der Waals surface area (Å²) in [5.74, 6) is 1.35. The average molecular weight is 259 g/mol. The van der Waals surface area contributed by atoms with Crippen molar-refractivity contribution in [3.63, 3.8) is 0 Å². The summed E-state index contributed by atoms with van der Waals surface area (Å²) in [5, 5.41) is 6.29. The highest BCUT2D eigenvalue weighted by Gasteiger charge is 1.99. The quantitative estimate of drug-likeness (QED) is 0.735. The molecule has 0 bridgehead atoms. The van der Waals surface area contributed by atoms with E-state index in [9.17, 15) is 0 Å². The van der Waals surface area contributed by atoms with Crippen LogP contribution in [0.25, 0.3) is 0 Å². The maximum absolute atomic E-state index is 4.96. The molecule has 0 amide bonds. The van der Waals surface area contributed by atoms with Crippen LogP contribution in [-0.2, 0) is 11.3 Å². The molecule has 0 aromatic carbocycles. The largest absolute Gasteiger partial charge is 0.383 e. The molecule has 2 aromatic rings. The third kappa shape index (κ3) is 4.51. The molecule has 0 aliphatic heterocycles. The van der Waals surface area contributed by atoms with E-state index in [1.807, 2.05) is 24.3 Å². The molecule has 2 heterocycles. The number of pyridine rings is 1. The van der Waals surface area contributed by atoms with Crippen molar-refractivity contribution in [2.75, 3.05) is 30.9 Å². The third-order valence-corrected chi connectivity index (χ3v) is 2.42. The van der Waals surface area contributed by atoms with Gasteiger partial charge in [-0.3, -0.25) is 4.98 Å². The summed E-state index contributed by atoms with van der Waals surface area (Å²) in [5.41, 5.74) is 0.968. The molecule has 0 saturated heterocycles. The SMILES string of the molecule is COCCNc1nccc(NCc2ccccn2)n1. The van der Waals surface area contributed by atoms with Crippen LogP contribution in [-0.4, -0.2) is 35.2 Å². The first-order valence-corrected chi connectivity index (χ1v) is 6.08. The fourth-order valence-electron chi connectivity index (χ4n) is 1.49. The van der Waals surface area contributed by atoms with Crippen molar-refractivity contribution in [1.29, 1.82) is 0 Å². The molecule has 2 aromatic heterocycles. The number of anilines is 2. The average Bonchev–Trinajstić information content (AvgIpc) is 2.47. The molecule has 0 atom stereocenters. The number of rotatable bonds is 7. The fraction of sp³-hybridized carbons (Fsp3) is 0.308. The minimum Gasteiger partial charge on any atom is -0.383 e. The molecule has 6 nitrogen and oxygen atoms in total. The van der Waals surface area contributed by atoms with Crippen molar-refractivity contribution < 1.29 is 4.74 Å². The number of ether oxygens (including phenoxy) is 1. The molecule has 100 valence electrons. The molecular formula is C13H17N5O. The Morgan fingerprint density at radius 2 is 2.05 bits per heavy atom. The number of methoxy groups -OCH3 is 1. The molecule has 0 spiro atoms. The normalized spacial score (nSPS) is 10.2. The predicted octanol–water partition coefficient (Wildman–Crippen LogP) is 1.54. The molecule has 19 heavy (non-hydrogen) atoms. The van der Waals surface area contributed by atoms with Gasteiger partial charge in [0.25, 0.3) is 0 Å². The zero-order valence-corrected chi connectivity index (χ0v) is 10.8. The van der Waals surface area contributed by atoms with Crippen molar-refractivity contribution in [1.82, 2.24) is 15.0 Å². The van der Waals surface area contributed by atoms with Crippen LogP contribution in [0.15, 0.2) is 36.7 Å². The van der Waals surface area contributed by atoms with Gasteiger partial charge in [-0.15, -0.1) is 0 Å². The molecule has 0 fully saturated rings. The Morgan fingerprint density at radius 1 is 1.11 bits per heavy atom. The lowest BCUT2D eigenvalue weighted by atomic mass is 10.3. The summed E-state index contributed by atoms with van der Waals surface area (Å²) < 4.78 is 4.96. The number of aromatic nitrogens is 3. The van der Waals surface area contributed by atoms with Crippen LogP contribution in [0.5, 0.6) is 0 Å². The zero-order chi connectivity index (χ0) is 13.3. The Labute approximate surface area is 112 Å². The molecule has 0 saturated carbocycles. The van der Waals surface area contributed by atoms with Gasteiger partial charge in [0, 0.05) is 26.0 Å². The Hall–Kier alpha value is -2.21. The number of nitrogens with one attached hydrogen (secondary N) is 2. The summed E-state index contributed by atoms with van der Waals surface area (Å²) in [6, 6.07) is 7.64. The van der Waals surface area contributed by atoms with Gasteiger partial charge in [-0.1, -0.05) is 6.07 Å². The van der Waals surface area contributed by atoms with Crippen LogP contribution in [0.3, 0.4) is 0 Å². The van der Waals surface area contributed by atoms with Gasteiger partial charge in [0.1, 0.15) is 5.82 Å². The Morgan fingerprint density at radius 3 is 2.84 bits per heavy atom. The molecule has 0 aliphatic carbocycles. The van der Waals surface area contributed by atoms with Crippen molar-refractivity contribution in [3.05, 3.63) is 42.4 Å². The van der Waals surface area contributed by atoms with Gasteiger partial charge in [-0.25, -0.2) is 4.98 Å². The van der Waals surface area contributed by atoms with E-state index in [1.54, 1.807) is 19.5 Å². The second-order valence-corrected chi connectivity index (χ2v) is 3.86. The number of hydrogen-bond acceptors (Lipinski definition) is 6. The lowest BCUT2D eigenvalue weighted by Crippen LogP contribution is -2.11. The summed E-state index contributed by atoms with van der Waals surface area (Å²) in [7, 11) is 1.66. The van der Waals surface area contributed by atoms with Crippen molar-refractivity contribution >= 4 is 11.8 Å². The fourth-order valence-corrected chi connectivity index (χ4v) is 1.49. The van der Waals surface area contributed by atoms with E-state index in [0.29, 0.717) is 25.6 Å². The molecule has 2 N–H and O–H groups in total. The van der Waals surface area contributed by atoms with Gasteiger partial charge in [-0.2, -0.15) is 4.98 Å². The van der Waals surface area contributed by atoms with Crippen LogP contribution >= 0.6 is 0 Å². The molecule has 2 rings (SSSR count). The monoisotopic (exact) mass is 259 g/mol. The van der Waals surface area contributed by atoms with Crippen LogP contribution in [0, 0.1) is 0 Å². The lowest BCUT2D eigenvalue weighted by Gasteiger charge is -2.07. The van der Waals surface area contributed by atoms with Crippen LogP contribution in [0.1, 0.15) is 5.69 Å². The van der Waals surface area contributed by atoms with Gasteiger partial charge in [0.15, 0.2) is 0 Å². The van der Waals surface area contributed by atoms with E-state index < -0.39 is 0 Å². The minimum absolute atomic E-state index is 0.586. The summed E-state index contributed by atoms with van der Waals surface area (Å²) in [6.45, 7) is 1.94. The Balaban J connectivity index is 1.88. The van der Waals surface area contributed by atoms with E-state index >= 15 is 0 Å². The van der Waals surface area contributed by atoms with Gasteiger partial charge in [-0.05, 0) is 18.2 Å². The van der Waals surface area contributed by atoms with Crippen molar-refractivity contribution in [2.45, 2.75) is 6.54 Å². The van der Waals surface area contributed by atoms with Gasteiger partial charge in [0.2, 0.25) is 5.95 Å². The topological polar surface area (TPSA) is 72.0 Å². The highest BCUT2D eigenvalue weighted by molar-refractivity contribution is 5.39. The van der Waals surface area contributed by atoms with E-state index in [2.05, 4.69) is 25.6 Å². The highest BCUT2D eigenvalue weighted by atomic mass is 16.5. The Bertz CT molecular complexity index is 491. The second-order valence-electron chi connectivity index (χ2n) is 3.86. The van der Waals surface area contributed by atoms with Crippen LogP contribution in [0.4, 0.5) is 11.8 Å². The van der Waals surface area contributed by atoms with Gasteiger partial charge < -0.3 is 15.4 Å². The van der Waals surface area contributed by atoms with Gasteiger partial charge >= 0.3 is 0 Å². The predicted molar refractivity (Wildman–Crippen MR) is 74.0 cm³/mol.